The third-order valence-electron chi connectivity index (χ3n) is 4.61. The second-order valence-electron chi connectivity index (χ2n) is 6.75. The Labute approximate surface area is 173 Å². The van der Waals surface area contributed by atoms with Gasteiger partial charge in [-0.3, -0.25) is 24.1 Å². The number of rotatable bonds is 6. The number of nitrogens with one attached hydrogen (secondary N) is 1. The van der Waals surface area contributed by atoms with Crippen molar-refractivity contribution in [3.8, 4) is 6.07 Å². The number of amides is 3. The summed E-state index contributed by atoms with van der Waals surface area (Å²) < 4.78 is 5.11. The predicted molar refractivity (Wildman–Crippen MR) is 106 cm³/mol. The van der Waals surface area contributed by atoms with Gasteiger partial charge in [-0.1, -0.05) is 24.3 Å². The molecule has 0 bridgehead atoms. The van der Waals surface area contributed by atoms with Gasteiger partial charge in [0.15, 0.2) is 6.10 Å². The minimum Gasteiger partial charge on any atom is -0.452 e. The highest BCUT2D eigenvalue weighted by Crippen LogP contribution is 2.20. The van der Waals surface area contributed by atoms with Gasteiger partial charge in [0.25, 0.3) is 11.8 Å². The number of anilines is 1. The number of benzene rings is 2. The van der Waals surface area contributed by atoms with Crippen LogP contribution in [-0.4, -0.2) is 41.2 Å². The lowest BCUT2D eigenvalue weighted by Crippen LogP contribution is -2.43. The molecule has 0 unspecified atom stereocenters. The first-order valence-corrected chi connectivity index (χ1v) is 9.32. The van der Waals surface area contributed by atoms with Gasteiger partial charge < -0.3 is 10.1 Å². The van der Waals surface area contributed by atoms with E-state index in [0.29, 0.717) is 22.4 Å². The Balaban J connectivity index is 1.53. The molecular formula is C22H19N3O5. The van der Waals surface area contributed by atoms with Gasteiger partial charge in [-0.15, -0.1) is 0 Å². The van der Waals surface area contributed by atoms with Crippen LogP contribution in [0.3, 0.4) is 0 Å². The van der Waals surface area contributed by atoms with Crippen LogP contribution in [-0.2, 0) is 25.5 Å². The fourth-order valence-electron chi connectivity index (χ4n) is 3.05. The molecule has 1 atom stereocenters. The average molecular weight is 405 g/mol. The van der Waals surface area contributed by atoms with E-state index in [1.165, 1.54) is 13.0 Å². The van der Waals surface area contributed by atoms with Crippen LogP contribution >= 0.6 is 0 Å². The molecule has 0 fully saturated rings. The van der Waals surface area contributed by atoms with Crippen molar-refractivity contribution >= 4 is 29.4 Å². The maximum absolute atomic E-state index is 12.5. The monoisotopic (exact) mass is 405 g/mol. The molecule has 0 spiro atoms. The lowest BCUT2D eigenvalue weighted by atomic mass is 9.98. The van der Waals surface area contributed by atoms with Crippen molar-refractivity contribution in [1.82, 2.24) is 4.90 Å². The maximum Gasteiger partial charge on any atom is 0.308 e. The van der Waals surface area contributed by atoms with Gasteiger partial charge >= 0.3 is 5.97 Å². The molecule has 0 saturated heterocycles. The first-order chi connectivity index (χ1) is 14.4. The van der Waals surface area contributed by atoms with Gasteiger partial charge in [-0.25, -0.2) is 0 Å². The lowest BCUT2D eigenvalue weighted by molar-refractivity contribution is -0.153. The molecule has 1 aliphatic rings. The van der Waals surface area contributed by atoms with E-state index in [9.17, 15) is 19.2 Å². The molecule has 0 saturated carbocycles. The fourth-order valence-corrected chi connectivity index (χ4v) is 3.05. The summed E-state index contributed by atoms with van der Waals surface area (Å²) in [7, 11) is 0. The molecule has 2 aromatic rings. The highest BCUT2D eigenvalue weighted by atomic mass is 16.5. The quantitative estimate of drug-likeness (QED) is 0.581. The Hall–Kier alpha value is -3.99. The zero-order valence-electron chi connectivity index (χ0n) is 16.3. The van der Waals surface area contributed by atoms with E-state index >= 15 is 0 Å². The number of hydrogen-bond acceptors (Lipinski definition) is 6. The van der Waals surface area contributed by atoms with Crippen LogP contribution in [0.25, 0.3) is 0 Å². The van der Waals surface area contributed by atoms with Crippen LogP contribution in [0.1, 0.15) is 34.8 Å². The summed E-state index contributed by atoms with van der Waals surface area (Å²) in [5, 5.41) is 11.5. The van der Waals surface area contributed by atoms with Crippen LogP contribution in [0.15, 0.2) is 48.5 Å². The SMILES string of the molecule is C[C@H](OC(=O)CCN1C(=O)Cc2ccccc2C1=O)C(=O)Nc1cccc(C#N)c1. The highest BCUT2D eigenvalue weighted by Gasteiger charge is 2.31. The van der Waals surface area contributed by atoms with E-state index in [0.717, 1.165) is 4.90 Å². The van der Waals surface area contributed by atoms with Gasteiger partial charge in [0.05, 0.1) is 24.5 Å². The Kier molecular flexibility index (Phi) is 6.23. The van der Waals surface area contributed by atoms with Crippen LogP contribution in [0, 0.1) is 11.3 Å². The molecule has 0 aromatic heterocycles. The summed E-state index contributed by atoms with van der Waals surface area (Å²) in [6.45, 7) is 1.29. The fraction of sp³-hybridized carbons (Fsp3) is 0.227. The second kappa shape index (κ2) is 9.01. The third kappa shape index (κ3) is 4.70. The summed E-state index contributed by atoms with van der Waals surface area (Å²) >= 11 is 0. The topological polar surface area (TPSA) is 117 Å². The van der Waals surface area contributed by atoms with Gasteiger partial charge in [-0.2, -0.15) is 5.26 Å². The molecule has 1 aliphatic heterocycles. The van der Waals surface area contributed by atoms with E-state index in [1.807, 2.05) is 6.07 Å². The summed E-state index contributed by atoms with van der Waals surface area (Å²) in [6.07, 6.45) is -1.21. The minimum absolute atomic E-state index is 0.0948. The number of nitriles is 1. The van der Waals surface area contributed by atoms with Crippen molar-refractivity contribution < 1.29 is 23.9 Å². The minimum atomic E-state index is -1.09. The molecule has 8 heteroatoms. The number of esters is 1. The predicted octanol–water partition coefficient (Wildman–Crippen LogP) is 2.04. The molecule has 30 heavy (non-hydrogen) atoms. The summed E-state index contributed by atoms with van der Waals surface area (Å²) in [6, 6.07) is 15.1. The van der Waals surface area contributed by atoms with Gasteiger partial charge in [0, 0.05) is 17.8 Å². The second-order valence-corrected chi connectivity index (χ2v) is 6.75. The molecular weight excluding hydrogens is 386 g/mol. The van der Waals surface area contributed by atoms with E-state index in [2.05, 4.69) is 5.32 Å². The molecule has 1 heterocycles. The maximum atomic E-state index is 12.5. The zero-order chi connectivity index (χ0) is 21.7. The van der Waals surface area contributed by atoms with E-state index in [-0.39, 0.29) is 25.3 Å². The number of fused-ring (bicyclic) bond motifs is 1. The van der Waals surface area contributed by atoms with Gasteiger partial charge in [0.2, 0.25) is 5.91 Å². The normalized spacial score (nSPS) is 13.8. The van der Waals surface area contributed by atoms with Gasteiger partial charge in [-0.05, 0) is 36.8 Å². The van der Waals surface area contributed by atoms with Crippen molar-refractivity contribution in [3.63, 3.8) is 0 Å². The Morgan fingerprint density at radius 3 is 2.73 bits per heavy atom. The Morgan fingerprint density at radius 2 is 1.97 bits per heavy atom. The molecule has 0 radical (unpaired) electrons. The molecule has 1 N–H and O–H groups in total. The van der Waals surface area contributed by atoms with Crippen molar-refractivity contribution in [2.24, 2.45) is 0 Å². The van der Waals surface area contributed by atoms with Crippen molar-refractivity contribution in [2.75, 3.05) is 11.9 Å². The number of carbonyl (C=O) groups is 4. The zero-order valence-corrected chi connectivity index (χ0v) is 16.3. The lowest BCUT2D eigenvalue weighted by Gasteiger charge is -2.26. The van der Waals surface area contributed by atoms with Crippen molar-refractivity contribution in [2.45, 2.75) is 25.9 Å². The average Bonchev–Trinajstić information content (AvgIpc) is 2.73. The first kappa shape index (κ1) is 20.7. The highest BCUT2D eigenvalue weighted by molar-refractivity contribution is 6.09. The molecule has 3 rings (SSSR count). The van der Waals surface area contributed by atoms with E-state index in [1.54, 1.807) is 42.5 Å². The van der Waals surface area contributed by atoms with Crippen LogP contribution in [0.4, 0.5) is 5.69 Å². The van der Waals surface area contributed by atoms with Gasteiger partial charge in [0.1, 0.15) is 0 Å². The molecule has 0 aliphatic carbocycles. The molecule has 3 amide bonds. The standard InChI is InChI=1S/C22H19N3O5/c1-14(21(28)24-17-7-4-5-15(11-17)13-23)30-20(27)9-10-25-19(26)12-16-6-2-3-8-18(16)22(25)29/h2-8,11,14H,9-10,12H2,1H3,(H,24,28)/t14-/m0/s1. The Morgan fingerprint density at radius 1 is 1.20 bits per heavy atom. The van der Waals surface area contributed by atoms with Crippen molar-refractivity contribution in [3.05, 3.63) is 65.2 Å². The number of carbonyl (C=O) groups excluding carboxylic acids is 4. The number of hydrogen-bond donors (Lipinski definition) is 1. The number of imide groups is 1. The summed E-state index contributed by atoms with van der Waals surface area (Å²) in [5.74, 6) is -2.09. The van der Waals surface area contributed by atoms with Crippen molar-refractivity contribution in [1.29, 1.82) is 5.26 Å². The molecule has 2 aromatic carbocycles. The van der Waals surface area contributed by atoms with Crippen LogP contribution < -0.4 is 5.32 Å². The number of ether oxygens (including phenoxy) is 1. The molecule has 152 valence electrons. The largest absolute Gasteiger partial charge is 0.452 e. The summed E-state index contributed by atoms with van der Waals surface area (Å²) in [4.78, 5) is 50.1. The van der Waals surface area contributed by atoms with Crippen LogP contribution in [0.5, 0.6) is 0 Å². The van der Waals surface area contributed by atoms with Crippen LogP contribution in [0.2, 0.25) is 0 Å². The molecule has 8 nitrogen and oxygen atoms in total. The third-order valence-corrected chi connectivity index (χ3v) is 4.61. The van der Waals surface area contributed by atoms with E-state index < -0.39 is 23.9 Å². The smallest absolute Gasteiger partial charge is 0.308 e. The summed E-state index contributed by atoms with van der Waals surface area (Å²) in [5.41, 5.74) is 1.90. The number of nitrogens with zero attached hydrogens (tertiary/aromatic N) is 2. The Bertz CT molecular complexity index is 1060. The van der Waals surface area contributed by atoms with E-state index in [4.69, 9.17) is 10.00 Å². The first-order valence-electron chi connectivity index (χ1n) is 9.32.